The first kappa shape index (κ1) is 19.4. The van der Waals surface area contributed by atoms with E-state index in [0.717, 1.165) is 37.6 Å². The second kappa shape index (κ2) is 9.51. The minimum atomic E-state index is -0.186. The van der Waals surface area contributed by atoms with Crippen molar-refractivity contribution in [1.29, 1.82) is 0 Å². The van der Waals surface area contributed by atoms with Gasteiger partial charge in [0.1, 0.15) is 5.82 Å². The first-order valence-corrected chi connectivity index (χ1v) is 9.61. The maximum atomic E-state index is 13.7. The van der Waals surface area contributed by atoms with Crippen molar-refractivity contribution in [3.05, 3.63) is 71.0 Å². The van der Waals surface area contributed by atoms with Gasteiger partial charge in [0.25, 0.3) is 0 Å². The van der Waals surface area contributed by atoms with Crippen molar-refractivity contribution >= 4 is 5.96 Å². The van der Waals surface area contributed by atoms with Crippen LogP contribution in [-0.4, -0.2) is 25.7 Å². The van der Waals surface area contributed by atoms with Gasteiger partial charge >= 0.3 is 0 Å². The average molecular weight is 369 g/mol. The van der Waals surface area contributed by atoms with Crippen molar-refractivity contribution < 1.29 is 9.13 Å². The van der Waals surface area contributed by atoms with Crippen molar-refractivity contribution in [2.24, 2.45) is 10.9 Å². The van der Waals surface area contributed by atoms with E-state index in [1.807, 2.05) is 31.2 Å². The van der Waals surface area contributed by atoms with Crippen molar-refractivity contribution in [1.82, 2.24) is 10.6 Å². The molecular formula is C22H28FN3O. The van der Waals surface area contributed by atoms with E-state index in [1.54, 1.807) is 19.1 Å². The van der Waals surface area contributed by atoms with Gasteiger partial charge in [0, 0.05) is 25.6 Å². The summed E-state index contributed by atoms with van der Waals surface area (Å²) in [5.74, 6) is 0.958. The van der Waals surface area contributed by atoms with E-state index >= 15 is 0 Å². The number of aryl methyl sites for hydroxylation is 1. The summed E-state index contributed by atoms with van der Waals surface area (Å²) in [5, 5.41) is 6.69. The van der Waals surface area contributed by atoms with Gasteiger partial charge in [-0.3, -0.25) is 0 Å². The molecule has 1 aliphatic heterocycles. The second-order valence-electron chi connectivity index (χ2n) is 6.91. The zero-order valence-corrected chi connectivity index (χ0v) is 16.0. The summed E-state index contributed by atoms with van der Waals surface area (Å²) in [7, 11) is 0. The lowest BCUT2D eigenvalue weighted by Crippen LogP contribution is -2.40. The lowest BCUT2D eigenvalue weighted by molar-refractivity contribution is 0.0915. The van der Waals surface area contributed by atoms with Gasteiger partial charge in [-0.2, -0.15) is 0 Å². The molecule has 4 nitrogen and oxygen atoms in total. The van der Waals surface area contributed by atoms with E-state index in [0.29, 0.717) is 18.0 Å². The molecule has 2 aromatic carbocycles. The van der Waals surface area contributed by atoms with Crippen LogP contribution in [0, 0.1) is 18.7 Å². The monoisotopic (exact) mass is 369 g/mol. The number of hydrogen-bond donors (Lipinski definition) is 2. The number of benzene rings is 2. The molecule has 5 heteroatoms. The highest BCUT2D eigenvalue weighted by molar-refractivity contribution is 5.79. The molecule has 2 unspecified atom stereocenters. The third-order valence-corrected chi connectivity index (χ3v) is 4.87. The van der Waals surface area contributed by atoms with Gasteiger partial charge in [0.2, 0.25) is 0 Å². The molecule has 27 heavy (non-hydrogen) atoms. The Morgan fingerprint density at radius 3 is 2.74 bits per heavy atom. The molecule has 0 aromatic heterocycles. The number of hydrogen-bond acceptors (Lipinski definition) is 2. The maximum absolute atomic E-state index is 13.7. The van der Waals surface area contributed by atoms with Crippen molar-refractivity contribution in [3.63, 3.8) is 0 Å². The standard InChI is InChI=1S/C22H28FN3O/c1-3-24-22(25-14-17-10-9-16(2)20(23)13-17)26-15-19-11-12-27-21(19)18-7-5-4-6-8-18/h4-10,13,19,21H,3,11-12,14-15H2,1-2H3,(H2,24,25,26). The molecule has 2 aromatic rings. The summed E-state index contributed by atoms with van der Waals surface area (Å²) in [6, 6.07) is 15.6. The second-order valence-corrected chi connectivity index (χ2v) is 6.91. The van der Waals surface area contributed by atoms with E-state index in [4.69, 9.17) is 4.74 Å². The fourth-order valence-electron chi connectivity index (χ4n) is 3.33. The molecule has 3 rings (SSSR count). The van der Waals surface area contributed by atoms with Crippen LogP contribution in [0.2, 0.25) is 0 Å². The van der Waals surface area contributed by atoms with Crippen molar-refractivity contribution in [3.8, 4) is 0 Å². The molecule has 0 radical (unpaired) electrons. The predicted molar refractivity (Wildman–Crippen MR) is 107 cm³/mol. The van der Waals surface area contributed by atoms with Crippen LogP contribution in [0.3, 0.4) is 0 Å². The molecule has 0 spiro atoms. The first-order valence-electron chi connectivity index (χ1n) is 9.61. The Morgan fingerprint density at radius 1 is 1.19 bits per heavy atom. The van der Waals surface area contributed by atoms with Crippen LogP contribution in [0.5, 0.6) is 0 Å². The Hall–Kier alpha value is -2.40. The Labute approximate surface area is 160 Å². The highest BCUT2D eigenvalue weighted by Crippen LogP contribution is 2.33. The molecular weight excluding hydrogens is 341 g/mol. The number of ether oxygens (including phenoxy) is 1. The largest absolute Gasteiger partial charge is 0.373 e. The minimum Gasteiger partial charge on any atom is -0.373 e. The third-order valence-electron chi connectivity index (χ3n) is 4.87. The van der Waals surface area contributed by atoms with Crippen LogP contribution < -0.4 is 10.6 Å². The molecule has 2 atom stereocenters. The van der Waals surface area contributed by atoms with Crippen LogP contribution in [-0.2, 0) is 11.3 Å². The summed E-state index contributed by atoms with van der Waals surface area (Å²) in [4.78, 5) is 4.60. The average Bonchev–Trinajstić information content (AvgIpc) is 3.16. The molecule has 144 valence electrons. The number of aliphatic imine (C=N–C) groups is 1. The fraction of sp³-hybridized carbons (Fsp3) is 0.409. The van der Waals surface area contributed by atoms with E-state index in [1.165, 1.54) is 5.56 Å². The Balaban J connectivity index is 1.61. The minimum absolute atomic E-state index is 0.118. The smallest absolute Gasteiger partial charge is 0.191 e. The van der Waals surface area contributed by atoms with E-state index in [2.05, 4.69) is 27.8 Å². The molecule has 1 heterocycles. The quantitative estimate of drug-likeness (QED) is 0.598. The summed E-state index contributed by atoms with van der Waals surface area (Å²) >= 11 is 0. The summed E-state index contributed by atoms with van der Waals surface area (Å²) in [5.41, 5.74) is 2.74. The number of rotatable bonds is 6. The summed E-state index contributed by atoms with van der Waals surface area (Å²) in [6.45, 7) is 6.58. The highest BCUT2D eigenvalue weighted by Gasteiger charge is 2.29. The fourth-order valence-corrected chi connectivity index (χ4v) is 3.33. The number of nitrogens with zero attached hydrogens (tertiary/aromatic N) is 1. The summed E-state index contributed by atoms with van der Waals surface area (Å²) in [6.07, 6.45) is 1.14. The Bertz CT molecular complexity index is 763. The Kier molecular flexibility index (Phi) is 6.82. The van der Waals surface area contributed by atoms with Gasteiger partial charge in [-0.1, -0.05) is 42.5 Å². The normalized spacial score (nSPS) is 19.9. The molecule has 2 N–H and O–H groups in total. The summed E-state index contributed by atoms with van der Waals surface area (Å²) < 4.78 is 19.7. The lowest BCUT2D eigenvalue weighted by Gasteiger charge is -2.21. The van der Waals surface area contributed by atoms with Crippen LogP contribution in [0.4, 0.5) is 4.39 Å². The van der Waals surface area contributed by atoms with Gasteiger partial charge in [-0.05, 0) is 43.0 Å². The molecule has 0 saturated carbocycles. The number of halogens is 1. The lowest BCUT2D eigenvalue weighted by atomic mass is 9.95. The van der Waals surface area contributed by atoms with Crippen molar-refractivity contribution in [2.45, 2.75) is 32.9 Å². The predicted octanol–water partition coefficient (Wildman–Crippen LogP) is 3.97. The SMILES string of the molecule is CCNC(=NCc1ccc(C)c(F)c1)NCC1CCOC1c1ccccc1. The highest BCUT2D eigenvalue weighted by atomic mass is 19.1. The first-order chi connectivity index (χ1) is 13.2. The molecule has 1 fully saturated rings. The zero-order valence-electron chi connectivity index (χ0n) is 16.0. The van der Waals surface area contributed by atoms with E-state index in [9.17, 15) is 4.39 Å². The molecule has 1 aliphatic rings. The number of guanidine groups is 1. The van der Waals surface area contributed by atoms with Crippen LogP contribution >= 0.6 is 0 Å². The van der Waals surface area contributed by atoms with Gasteiger partial charge < -0.3 is 15.4 Å². The molecule has 0 bridgehead atoms. The third kappa shape index (κ3) is 5.30. The topological polar surface area (TPSA) is 45.7 Å². The van der Waals surface area contributed by atoms with Gasteiger partial charge in [0.15, 0.2) is 5.96 Å². The van der Waals surface area contributed by atoms with E-state index < -0.39 is 0 Å². The Morgan fingerprint density at radius 2 is 2.00 bits per heavy atom. The maximum Gasteiger partial charge on any atom is 0.191 e. The van der Waals surface area contributed by atoms with Gasteiger partial charge in [-0.25, -0.2) is 9.38 Å². The van der Waals surface area contributed by atoms with Crippen molar-refractivity contribution in [2.75, 3.05) is 19.7 Å². The van der Waals surface area contributed by atoms with E-state index in [-0.39, 0.29) is 11.9 Å². The molecule has 0 amide bonds. The van der Waals surface area contributed by atoms with Crippen LogP contribution in [0.25, 0.3) is 0 Å². The molecule has 1 saturated heterocycles. The van der Waals surface area contributed by atoms with Crippen LogP contribution in [0.15, 0.2) is 53.5 Å². The van der Waals surface area contributed by atoms with Crippen LogP contribution in [0.1, 0.15) is 36.1 Å². The van der Waals surface area contributed by atoms with Gasteiger partial charge in [-0.15, -0.1) is 0 Å². The zero-order chi connectivity index (χ0) is 19.1. The van der Waals surface area contributed by atoms with Gasteiger partial charge in [0.05, 0.1) is 12.6 Å². The molecule has 0 aliphatic carbocycles. The number of nitrogens with one attached hydrogen (secondary N) is 2.